The molecule has 15 nitrogen and oxygen atoms in total. The second-order valence-corrected chi connectivity index (χ2v) is 18.3. The summed E-state index contributed by atoms with van der Waals surface area (Å²) in [6, 6.07) is 11.0. The standard InChI is InChI=1S/C48H33N3O12/c52-34(53)1-4-49-43(58)28-7-16-17(8-29(28)44(49)59)23-13-22(16)37-38(23)40-25-15-27(21-12-33-31(10-19(21)25)46(61)51(48(33)63)6-3-36(56)57)42(40)41-26-14-24(39(37)41)18-9-30-32(11-20(18)26)47(62)50(45(30)60)5-2-35(54)55/h7-12,22-27H,1-6,13-15H2,(H,52,53)(H,54,55)(H,56,57)/t22-,23+,24+,25-,26-,27+. The van der Waals surface area contributed by atoms with Crippen LogP contribution in [0.25, 0.3) is 0 Å². The van der Waals surface area contributed by atoms with E-state index in [-0.39, 0.29) is 108 Å². The fourth-order valence-corrected chi connectivity index (χ4v) is 13.4. The average molecular weight is 844 g/mol. The van der Waals surface area contributed by atoms with E-state index in [1.54, 1.807) is 0 Å². The van der Waals surface area contributed by atoms with E-state index in [9.17, 15) is 58.5 Å². The molecule has 6 amide bonds. The molecular formula is C48H33N3O12. The Morgan fingerprint density at radius 3 is 0.698 bits per heavy atom. The van der Waals surface area contributed by atoms with Crippen molar-refractivity contribution in [1.82, 2.24) is 14.7 Å². The second-order valence-electron chi connectivity index (χ2n) is 18.3. The van der Waals surface area contributed by atoms with Crippen molar-refractivity contribution in [3.63, 3.8) is 0 Å². The second kappa shape index (κ2) is 11.8. The molecule has 0 aromatic heterocycles. The Bertz CT molecular complexity index is 2610. The number of carboxylic acids is 3. The summed E-state index contributed by atoms with van der Waals surface area (Å²) in [4.78, 5) is 119. The van der Waals surface area contributed by atoms with Gasteiger partial charge in [-0.3, -0.25) is 57.9 Å². The van der Waals surface area contributed by atoms with E-state index in [0.717, 1.165) is 48.1 Å². The lowest BCUT2D eigenvalue weighted by atomic mass is 9.68. The number of carbonyl (C=O) groups is 9. The molecular weight excluding hydrogens is 811 g/mol. The first-order valence-electron chi connectivity index (χ1n) is 21.2. The van der Waals surface area contributed by atoms with Gasteiger partial charge in [0.25, 0.3) is 35.4 Å². The van der Waals surface area contributed by atoms with Crippen LogP contribution in [0.2, 0.25) is 0 Å². The molecule has 3 heterocycles. The highest BCUT2D eigenvalue weighted by molar-refractivity contribution is 6.23. The Morgan fingerprint density at radius 1 is 0.365 bits per heavy atom. The van der Waals surface area contributed by atoms with Gasteiger partial charge < -0.3 is 15.3 Å². The molecule has 6 aliphatic carbocycles. The van der Waals surface area contributed by atoms with Gasteiger partial charge in [0.1, 0.15) is 0 Å². The van der Waals surface area contributed by atoms with Crippen molar-refractivity contribution < 1.29 is 58.5 Å². The third kappa shape index (κ3) is 4.31. The molecule has 0 saturated carbocycles. The van der Waals surface area contributed by atoms with Crippen LogP contribution in [0.3, 0.4) is 0 Å². The molecule has 3 aliphatic heterocycles. The number of imide groups is 3. The Morgan fingerprint density at radius 2 is 0.540 bits per heavy atom. The molecule has 3 N–H and O–H groups in total. The van der Waals surface area contributed by atoms with Gasteiger partial charge in [0, 0.05) is 55.1 Å². The average Bonchev–Trinajstić information content (AvgIpc) is 4.14. The molecule has 0 fully saturated rings. The van der Waals surface area contributed by atoms with Gasteiger partial charge in [-0.2, -0.15) is 0 Å². The number of hydrogen-bond donors (Lipinski definition) is 3. The normalized spacial score (nSPS) is 24.9. The number of aliphatic carboxylic acids is 3. The van der Waals surface area contributed by atoms with Gasteiger partial charge in [0.15, 0.2) is 0 Å². The van der Waals surface area contributed by atoms with Crippen LogP contribution in [-0.2, 0) is 14.4 Å². The molecule has 15 heteroatoms. The van der Waals surface area contributed by atoms with E-state index in [4.69, 9.17) is 0 Å². The molecule has 0 radical (unpaired) electrons. The molecule has 312 valence electrons. The van der Waals surface area contributed by atoms with E-state index in [0.29, 0.717) is 19.3 Å². The number of fused-ring (bicyclic) bond motifs is 30. The first kappa shape index (κ1) is 36.4. The van der Waals surface area contributed by atoms with Gasteiger partial charge in [-0.05, 0) is 122 Å². The molecule has 6 atom stereocenters. The quantitative estimate of drug-likeness (QED) is 0.193. The largest absolute Gasteiger partial charge is 0.481 e. The van der Waals surface area contributed by atoms with Gasteiger partial charge >= 0.3 is 17.9 Å². The van der Waals surface area contributed by atoms with Gasteiger partial charge in [0.2, 0.25) is 0 Å². The molecule has 4 aromatic carbocycles. The van der Waals surface area contributed by atoms with Crippen LogP contribution < -0.4 is 0 Å². The number of hydrogen-bond acceptors (Lipinski definition) is 9. The van der Waals surface area contributed by atoms with Crippen LogP contribution in [0, 0.1) is 0 Å². The Hall–Kier alpha value is -7.29. The highest BCUT2D eigenvalue weighted by atomic mass is 16.4. The van der Waals surface area contributed by atoms with Crippen molar-refractivity contribution in [2.24, 2.45) is 0 Å². The molecule has 6 bridgehead atoms. The predicted molar refractivity (Wildman–Crippen MR) is 214 cm³/mol. The van der Waals surface area contributed by atoms with Crippen LogP contribution in [0.15, 0.2) is 36.4 Å². The third-order valence-corrected chi connectivity index (χ3v) is 15.7. The fourth-order valence-electron chi connectivity index (χ4n) is 13.4. The summed E-state index contributed by atoms with van der Waals surface area (Å²) in [6.07, 6.45) is 1.01. The number of nitrogens with zero attached hydrogens (tertiary/aromatic N) is 3. The van der Waals surface area contributed by atoms with Crippen molar-refractivity contribution in [3.05, 3.63) is 137 Å². The molecule has 9 aliphatic rings. The molecule has 4 aromatic rings. The zero-order chi connectivity index (χ0) is 43.4. The maximum Gasteiger partial charge on any atom is 0.305 e. The minimum Gasteiger partial charge on any atom is -0.481 e. The summed E-state index contributed by atoms with van der Waals surface area (Å²) >= 11 is 0. The zero-order valence-electron chi connectivity index (χ0n) is 33.1. The van der Waals surface area contributed by atoms with Crippen LogP contribution in [0.4, 0.5) is 0 Å². The van der Waals surface area contributed by atoms with Crippen molar-refractivity contribution >= 4 is 53.4 Å². The summed E-state index contributed by atoms with van der Waals surface area (Å²) in [5.74, 6) is -7.26. The van der Waals surface area contributed by atoms with Crippen molar-refractivity contribution in [1.29, 1.82) is 0 Å². The molecule has 63 heavy (non-hydrogen) atoms. The number of benzene rings is 4. The van der Waals surface area contributed by atoms with Crippen LogP contribution >= 0.6 is 0 Å². The van der Waals surface area contributed by atoms with E-state index in [1.165, 1.54) is 33.4 Å². The molecule has 13 rings (SSSR count). The van der Waals surface area contributed by atoms with Crippen LogP contribution in [0.5, 0.6) is 0 Å². The maximum absolute atomic E-state index is 13.7. The first-order chi connectivity index (χ1) is 30.2. The summed E-state index contributed by atoms with van der Waals surface area (Å²) in [6.45, 7) is -0.721. The van der Waals surface area contributed by atoms with E-state index in [2.05, 4.69) is 0 Å². The van der Waals surface area contributed by atoms with Crippen molar-refractivity contribution in [2.45, 2.75) is 74.0 Å². The summed E-state index contributed by atoms with van der Waals surface area (Å²) < 4.78 is 0. The Kier molecular flexibility index (Phi) is 6.81. The molecule has 0 spiro atoms. The van der Waals surface area contributed by atoms with E-state index < -0.39 is 53.4 Å². The van der Waals surface area contributed by atoms with Crippen LogP contribution in [-0.4, -0.2) is 103 Å². The molecule has 0 saturated heterocycles. The number of rotatable bonds is 9. The summed E-state index contributed by atoms with van der Waals surface area (Å²) in [7, 11) is 0. The van der Waals surface area contributed by atoms with Gasteiger partial charge in [-0.15, -0.1) is 0 Å². The lowest BCUT2D eigenvalue weighted by Crippen LogP contribution is -2.31. The number of carboxylic acid groups (broad SMARTS) is 3. The molecule has 0 unspecified atom stereocenters. The third-order valence-electron chi connectivity index (χ3n) is 15.7. The lowest BCUT2D eigenvalue weighted by Gasteiger charge is -2.35. The van der Waals surface area contributed by atoms with Gasteiger partial charge in [-0.25, -0.2) is 0 Å². The smallest absolute Gasteiger partial charge is 0.305 e. The lowest BCUT2D eigenvalue weighted by molar-refractivity contribution is -0.138. The zero-order valence-corrected chi connectivity index (χ0v) is 33.1. The Labute approximate surface area is 355 Å². The van der Waals surface area contributed by atoms with Crippen molar-refractivity contribution in [3.8, 4) is 0 Å². The topological polar surface area (TPSA) is 224 Å². The summed E-state index contributed by atoms with van der Waals surface area (Å²) in [5, 5.41) is 28.0. The van der Waals surface area contributed by atoms with Crippen LogP contribution in [0.1, 0.15) is 203 Å². The van der Waals surface area contributed by atoms with Crippen molar-refractivity contribution in [2.75, 3.05) is 19.6 Å². The fraction of sp³-hybridized carbons (Fsp3) is 0.312. The maximum atomic E-state index is 13.7. The Balaban J connectivity index is 0.980. The van der Waals surface area contributed by atoms with E-state index in [1.807, 2.05) is 36.4 Å². The number of carbonyl (C=O) groups excluding carboxylic acids is 6. The van der Waals surface area contributed by atoms with Gasteiger partial charge in [-0.1, -0.05) is 0 Å². The highest BCUT2D eigenvalue weighted by Gasteiger charge is 2.58. The predicted octanol–water partition coefficient (Wildman–Crippen LogP) is 4.84. The minimum absolute atomic E-state index is 0.132. The summed E-state index contributed by atoms with van der Waals surface area (Å²) in [5.41, 5.74) is 14.3. The number of amides is 6. The monoisotopic (exact) mass is 843 g/mol. The van der Waals surface area contributed by atoms with Gasteiger partial charge in [0.05, 0.1) is 52.6 Å². The minimum atomic E-state index is -1.12. The highest BCUT2D eigenvalue weighted by Crippen LogP contribution is 2.72. The van der Waals surface area contributed by atoms with E-state index >= 15 is 0 Å². The SMILES string of the molecule is O=C(O)CCN1C(=O)c2cc3c(cc2C1=O)[C@@H]1C[C@H]3c2c3c(c4c(c21)[C@@H]1C[C@H]4c2cc4c(cc21)C(=O)N(CCC(=O)O)C4=O)[C@@H]1C[C@H]3c2cc3c(cc21)C(=O)N(CCC(=O)O)C3=O. The first-order valence-corrected chi connectivity index (χ1v) is 21.2.